The van der Waals surface area contributed by atoms with E-state index < -0.39 is 34.7 Å². The number of fused-ring (bicyclic) bond motifs is 1. The van der Waals surface area contributed by atoms with Crippen molar-refractivity contribution in [3.05, 3.63) is 59.4 Å². The third-order valence-corrected chi connectivity index (χ3v) is 8.00. The molecule has 2 heterocycles. The summed E-state index contributed by atoms with van der Waals surface area (Å²) < 4.78 is 94.8. The number of benzene rings is 2. The number of aliphatic hydroxyl groups is 1. The number of piperidine rings is 1. The van der Waals surface area contributed by atoms with Crippen LogP contribution in [0.2, 0.25) is 0 Å². The fourth-order valence-electron chi connectivity index (χ4n) is 6.16. The summed E-state index contributed by atoms with van der Waals surface area (Å²) in [5.41, 5.74) is -2.77. The molecule has 1 aromatic heterocycles. The molecule has 1 aliphatic carbocycles. The van der Waals surface area contributed by atoms with Gasteiger partial charge in [0.25, 0.3) is 0 Å². The first kappa shape index (κ1) is 28.7. The van der Waals surface area contributed by atoms with Crippen LogP contribution in [-0.2, 0) is 22.7 Å². The molecule has 2 fully saturated rings. The minimum Gasteiger partial charge on any atom is -0.492 e. The quantitative estimate of drug-likeness (QED) is 0.344. The molecule has 0 bridgehead atoms. The molecule has 6 nitrogen and oxygen atoms in total. The SMILES string of the molecule is COC1(c2ccc(C(F)(F)F)cc2)CC(C)NC(COc2cc(C(F)(F)F)c3c(c2)ncn3C2CC(C)(O)C2)C1. The first-order valence-electron chi connectivity index (χ1n) is 13.0. The van der Waals surface area contributed by atoms with Crippen LogP contribution in [0.25, 0.3) is 11.0 Å². The van der Waals surface area contributed by atoms with Crippen molar-refractivity contribution in [3.8, 4) is 5.75 Å². The summed E-state index contributed by atoms with van der Waals surface area (Å²) in [4.78, 5) is 4.20. The van der Waals surface area contributed by atoms with Crippen molar-refractivity contribution in [2.45, 2.75) is 81.2 Å². The second kappa shape index (κ2) is 9.92. The highest BCUT2D eigenvalue weighted by Gasteiger charge is 2.43. The summed E-state index contributed by atoms with van der Waals surface area (Å²) in [5, 5.41) is 13.4. The van der Waals surface area contributed by atoms with Crippen LogP contribution in [0.15, 0.2) is 42.7 Å². The van der Waals surface area contributed by atoms with Gasteiger partial charge in [-0.15, -0.1) is 0 Å². The molecular formula is C28H31F6N3O3. The Balaban J connectivity index is 1.37. The molecule has 2 N–H and O–H groups in total. The molecule has 3 unspecified atom stereocenters. The van der Waals surface area contributed by atoms with E-state index in [9.17, 15) is 31.4 Å². The predicted octanol–water partition coefficient (Wildman–Crippen LogP) is 6.22. The molecule has 3 atom stereocenters. The molecule has 3 aromatic rings. The predicted molar refractivity (Wildman–Crippen MR) is 135 cm³/mol. The normalized spacial score (nSPS) is 29.4. The summed E-state index contributed by atoms with van der Waals surface area (Å²) in [5.74, 6) is 0.00301. The summed E-state index contributed by atoms with van der Waals surface area (Å²) in [7, 11) is 1.50. The lowest BCUT2D eigenvalue weighted by molar-refractivity contribution is -0.138. The minimum absolute atomic E-state index is 0.00301. The Kier molecular flexibility index (Phi) is 7.11. The molecule has 0 amide bonds. The van der Waals surface area contributed by atoms with Gasteiger partial charge in [-0.05, 0) is 63.3 Å². The Morgan fingerprint density at radius 2 is 1.70 bits per heavy atom. The second-order valence-electron chi connectivity index (χ2n) is 11.3. The van der Waals surface area contributed by atoms with E-state index in [0.717, 1.165) is 18.2 Å². The van der Waals surface area contributed by atoms with Crippen molar-refractivity contribution in [1.82, 2.24) is 14.9 Å². The average Bonchev–Trinajstić information content (AvgIpc) is 3.27. The third kappa shape index (κ3) is 5.53. The highest BCUT2D eigenvalue weighted by molar-refractivity contribution is 5.82. The number of aromatic nitrogens is 2. The molecule has 0 radical (unpaired) electrons. The molecule has 1 saturated carbocycles. The maximum Gasteiger partial charge on any atom is 0.418 e. The maximum absolute atomic E-state index is 14.1. The number of methoxy groups -OCH3 is 1. The summed E-state index contributed by atoms with van der Waals surface area (Å²) in [6.07, 6.45) is -6.26. The van der Waals surface area contributed by atoms with Crippen molar-refractivity contribution in [3.63, 3.8) is 0 Å². The second-order valence-corrected chi connectivity index (χ2v) is 11.3. The highest BCUT2D eigenvalue weighted by Crippen LogP contribution is 2.45. The van der Waals surface area contributed by atoms with Crippen LogP contribution in [0.4, 0.5) is 26.3 Å². The lowest BCUT2D eigenvalue weighted by Gasteiger charge is -2.44. The van der Waals surface area contributed by atoms with Gasteiger partial charge in [-0.1, -0.05) is 12.1 Å². The maximum atomic E-state index is 14.1. The van der Waals surface area contributed by atoms with Gasteiger partial charge in [0.15, 0.2) is 0 Å². The van der Waals surface area contributed by atoms with Crippen molar-refractivity contribution in [2.24, 2.45) is 0 Å². The fourth-order valence-corrected chi connectivity index (χ4v) is 6.16. The molecule has 0 spiro atoms. The van der Waals surface area contributed by atoms with Gasteiger partial charge in [0, 0.05) is 31.3 Å². The van der Waals surface area contributed by atoms with E-state index in [2.05, 4.69) is 10.3 Å². The van der Waals surface area contributed by atoms with Crippen LogP contribution >= 0.6 is 0 Å². The van der Waals surface area contributed by atoms with Gasteiger partial charge in [-0.3, -0.25) is 0 Å². The number of halogens is 6. The highest BCUT2D eigenvalue weighted by atomic mass is 19.4. The standard InChI is InChI=1S/C28H31F6N3O3/c1-16-10-26(39-3,17-4-6-18(7-5-17)27(29,30)31)11-19(36-16)14-40-21-8-22(28(32,33)34)24-23(9-21)35-15-37(24)20-12-25(2,38)13-20/h4-9,15-16,19-20,36,38H,10-14H2,1-3H3. The van der Waals surface area contributed by atoms with Crippen LogP contribution in [0.1, 0.15) is 62.3 Å². The van der Waals surface area contributed by atoms with E-state index in [1.165, 1.54) is 36.2 Å². The number of ether oxygens (including phenoxy) is 2. The summed E-state index contributed by atoms with van der Waals surface area (Å²) >= 11 is 0. The van der Waals surface area contributed by atoms with E-state index in [-0.39, 0.29) is 41.5 Å². The molecular weight excluding hydrogens is 540 g/mol. The largest absolute Gasteiger partial charge is 0.492 e. The van der Waals surface area contributed by atoms with Crippen LogP contribution < -0.4 is 10.1 Å². The Morgan fingerprint density at radius 3 is 2.27 bits per heavy atom. The van der Waals surface area contributed by atoms with Crippen LogP contribution in [0, 0.1) is 0 Å². The smallest absolute Gasteiger partial charge is 0.418 e. The topological polar surface area (TPSA) is 68.5 Å². The van der Waals surface area contributed by atoms with Gasteiger partial charge < -0.3 is 24.5 Å². The summed E-state index contributed by atoms with van der Waals surface area (Å²) in [6, 6.07) is 6.53. The number of rotatable bonds is 6. The number of nitrogens with zero attached hydrogens (tertiary/aromatic N) is 2. The van der Waals surface area contributed by atoms with Gasteiger partial charge >= 0.3 is 12.4 Å². The molecule has 1 aliphatic heterocycles. The Labute approximate surface area is 227 Å². The number of alkyl halides is 6. The van der Waals surface area contributed by atoms with Crippen LogP contribution in [0.3, 0.4) is 0 Å². The van der Waals surface area contributed by atoms with Gasteiger partial charge in [-0.25, -0.2) is 4.98 Å². The zero-order chi connectivity index (χ0) is 29.1. The fraction of sp³-hybridized carbons (Fsp3) is 0.536. The molecule has 1 saturated heterocycles. The van der Waals surface area contributed by atoms with Gasteiger partial charge in [0.2, 0.25) is 0 Å². The zero-order valence-corrected chi connectivity index (χ0v) is 22.2. The lowest BCUT2D eigenvalue weighted by atomic mass is 9.77. The van der Waals surface area contributed by atoms with E-state index in [1.54, 1.807) is 6.92 Å². The van der Waals surface area contributed by atoms with Crippen molar-refractivity contribution < 1.29 is 40.9 Å². The van der Waals surface area contributed by atoms with Crippen molar-refractivity contribution in [2.75, 3.05) is 13.7 Å². The third-order valence-electron chi connectivity index (χ3n) is 8.00. The zero-order valence-electron chi connectivity index (χ0n) is 22.2. The Hall–Kier alpha value is -2.83. The van der Waals surface area contributed by atoms with Crippen molar-refractivity contribution >= 4 is 11.0 Å². The van der Waals surface area contributed by atoms with E-state index in [0.29, 0.717) is 31.2 Å². The number of imidazole rings is 1. The number of hydrogen-bond acceptors (Lipinski definition) is 5. The average molecular weight is 572 g/mol. The molecule has 218 valence electrons. The Bertz CT molecular complexity index is 1360. The molecule has 5 rings (SSSR count). The number of hydrogen-bond donors (Lipinski definition) is 2. The molecule has 2 aliphatic rings. The first-order valence-corrected chi connectivity index (χ1v) is 13.0. The number of nitrogens with one attached hydrogen (secondary N) is 1. The molecule has 40 heavy (non-hydrogen) atoms. The minimum atomic E-state index is -4.66. The van der Waals surface area contributed by atoms with Gasteiger partial charge in [0.05, 0.1) is 39.7 Å². The Morgan fingerprint density at radius 1 is 1.02 bits per heavy atom. The van der Waals surface area contributed by atoms with Gasteiger partial charge in [-0.2, -0.15) is 26.3 Å². The van der Waals surface area contributed by atoms with E-state index in [4.69, 9.17) is 9.47 Å². The summed E-state index contributed by atoms with van der Waals surface area (Å²) in [6.45, 7) is 3.56. The molecule has 12 heteroatoms. The first-order chi connectivity index (χ1) is 18.6. The molecule has 2 aromatic carbocycles. The van der Waals surface area contributed by atoms with Crippen LogP contribution in [0.5, 0.6) is 5.75 Å². The lowest BCUT2D eigenvalue weighted by Crippen LogP contribution is -2.53. The van der Waals surface area contributed by atoms with E-state index >= 15 is 0 Å². The van der Waals surface area contributed by atoms with Gasteiger partial charge in [0.1, 0.15) is 12.4 Å². The van der Waals surface area contributed by atoms with Crippen LogP contribution in [-0.4, -0.2) is 46.1 Å². The van der Waals surface area contributed by atoms with E-state index in [1.807, 2.05) is 6.92 Å². The monoisotopic (exact) mass is 571 g/mol. The van der Waals surface area contributed by atoms with Crippen molar-refractivity contribution in [1.29, 1.82) is 0 Å².